The molecular weight excluding hydrogens is 248 g/mol. The molecule has 0 spiro atoms. The number of amides is 1. The molecule has 2 rings (SSSR count). The summed E-state index contributed by atoms with van der Waals surface area (Å²) < 4.78 is 0. The third-order valence-electron chi connectivity index (χ3n) is 3.32. The van der Waals surface area contributed by atoms with Gasteiger partial charge in [-0.1, -0.05) is 6.07 Å². The number of piperazine rings is 1. The van der Waals surface area contributed by atoms with Crippen LogP contribution in [0.2, 0.25) is 0 Å². The van der Waals surface area contributed by atoms with Crippen molar-refractivity contribution in [2.45, 2.75) is 13.0 Å². The highest BCUT2D eigenvalue weighted by molar-refractivity contribution is 5.98. The number of carboxylic acid groups (broad SMARTS) is 1. The van der Waals surface area contributed by atoms with Crippen molar-refractivity contribution in [3.8, 4) is 5.75 Å². The van der Waals surface area contributed by atoms with Gasteiger partial charge in [0.25, 0.3) is 5.91 Å². The van der Waals surface area contributed by atoms with Crippen LogP contribution >= 0.6 is 0 Å². The minimum absolute atomic E-state index is 0.0351. The number of rotatable bonds is 2. The number of nitrogens with one attached hydrogen (secondary N) is 1. The molecular formula is C13H16N2O4. The van der Waals surface area contributed by atoms with Crippen LogP contribution in [0.1, 0.15) is 15.9 Å². The molecule has 0 aliphatic carbocycles. The van der Waals surface area contributed by atoms with Crippen LogP contribution in [0.25, 0.3) is 0 Å². The van der Waals surface area contributed by atoms with Gasteiger partial charge in [-0.25, -0.2) is 4.79 Å². The van der Waals surface area contributed by atoms with Crippen molar-refractivity contribution in [3.63, 3.8) is 0 Å². The standard InChI is InChI=1S/C13H16N2O4/c1-8-9(3-2-4-11(8)16)12(17)15-6-5-14-7-10(15)13(18)19/h2-4,10,14,16H,5-7H2,1H3,(H,18,19). The molecule has 1 amide bonds. The number of carbonyl (C=O) groups is 2. The Morgan fingerprint density at radius 1 is 1.42 bits per heavy atom. The predicted octanol–water partition coefficient (Wildman–Crippen LogP) is 0.199. The number of carbonyl (C=O) groups excluding carboxylic acids is 1. The zero-order valence-electron chi connectivity index (χ0n) is 10.6. The van der Waals surface area contributed by atoms with E-state index >= 15 is 0 Å². The molecule has 1 aliphatic heterocycles. The Bertz CT molecular complexity index is 515. The van der Waals surface area contributed by atoms with E-state index in [1.807, 2.05) is 0 Å². The Balaban J connectivity index is 2.31. The second kappa shape index (κ2) is 5.27. The number of hydrogen-bond donors (Lipinski definition) is 3. The van der Waals surface area contributed by atoms with Crippen molar-refractivity contribution in [2.24, 2.45) is 0 Å². The lowest BCUT2D eigenvalue weighted by Gasteiger charge is -2.33. The van der Waals surface area contributed by atoms with Gasteiger partial charge in [0, 0.05) is 30.8 Å². The molecule has 1 saturated heterocycles. The summed E-state index contributed by atoms with van der Waals surface area (Å²) in [7, 11) is 0. The molecule has 1 aliphatic rings. The van der Waals surface area contributed by atoms with Crippen LogP contribution in [-0.2, 0) is 4.79 Å². The Morgan fingerprint density at radius 3 is 2.84 bits per heavy atom. The van der Waals surface area contributed by atoms with Gasteiger partial charge >= 0.3 is 5.97 Å². The van der Waals surface area contributed by atoms with Crippen LogP contribution < -0.4 is 5.32 Å². The zero-order chi connectivity index (χ0) is 14.0. The van der Waals surface area contributed by atoms with Crippen LogP contribution in [0.15, 0.2) is 18.2 Å². The highest BCUT2D eigenvalue weighted by Gasteiger charge is 2.33. The monoisotopic (exact) mass is 264 g/mol. The number of hydrogen-bond acceptors (Lipinski definition) is 4. The maximum atomic E-state index is 12.4. The molecule has 1 aromatic rings. The van der Waals surface area contributed by atoms with Gasteiger partial charge < -0.3 is 20.4 Å². The summed E-state index contributed by atoms with van der Waals surface area (Å²) in [5.74, 6) is -1.35. The van der Waals surface area contributed by atoms with Gasteiger partial charge in [-0.05, 0) is 19.1 Å². The largest absolute Gasteiger partial charge is 0.508 e. The lowest BCUT2D eigenvalue weighted by Crippen LogP contribution is -2.57. The second-order valence-corrected chi connectivity index (χ2v) is 4.51. The minimum Gasteiger partial charge on any atom is -0.508 e. The molecule has 1 heterocycles. The SMILES string of the molecule is Cc1c(O)cccc1C(=O)N1CCNCC1C(=O)O. The molecule has 1 atom stereocenters. The molecule has 0 radical (unpaired) electrons. The number of benzene rings is 1. The zero-order valence-corrected chi connectivity index (χ0v) is 10.6. The second-order valence-electron chi connectivity index (χ2n) is 4.51. The van der Waals surface area contributed by atoms with Crippen molar-refractivity contribution >= 4 is 11.9 Å². The maximum Gasteiger partial charge on any atom is 0.327 e. The first-order valence-corrected chi connectivity index (χ1v) is 6.05. The van der Waals surface area contributed by atoms with Gasteiger partial charge in [0.2, 0.25) is 0 Å². The van der Waals surface area contributed by atoms with E-state index in [9.17, 15) is 14.7 Å². The summed E-state index contributed by atoms with van der Waals surface area (Å²) in [4.78, 5) is 24.9. The lowest BCUT2D eigenvalue weighted by atomic mass is 10.0. The van der Waals surface area contributed by atoms with Crippen molar-refractivity contribution in [1.29, 1.82) is 0 Å². The van der Waals surface area contributed by atoms with E-state index in [2.05, 4.69) is 5.32 Å². The number of carboxylic acids is 1. The first-order chi connectivity index (χ1) is 9.02. The van der Waals surface area contributed by atoms with E-state index in [-0.39, 0.29) is 18.2 Å². The van der Waals surface area contributed by atoms with E-state index in [1.165, 1.54) is 11.0 Å². The Hall–Kier alpha value is -2.08. The van der Waals surface area contributed by atoms with Gasteiger partial charge in [-0.3, -0.25) is 4.79 Å². The van der Waals surface area contributed by atoms with Gasteiger partial charge in [-0.2, -0.15) is 0 Å². The fraction of sp³-hybridized carbons (Fsp3) is 0.385. The average molecular weight is 264 g/mol. The van der Waals surface area contributed by atoms with Gasteiger partial charge in [0.15, 0.2) is 0 Å². The molecule has 1 fully saturated rings. The molecule has 6 nitrogen and oxygen atoms in total. The average Bonchev–Trinajstić information content (AvgIpc) is 2.41. The maximum absolute atomic E-state index is 12.4. The van der Waals surface area contributed by atoms with Gasteiger partial charge in [0.05, 0.1) is 0 Å². The highest BCUT2D eigenvalue weighted by Crippen LogP contribution is 2.22. The van der Waals surface area contributed by atoms with E-state index < -0.39 is 12.0 Å². The summed E-state index contributed by atoms with van der Waals surface area (Å²) >= 11 is 0. The fourth-order valence-electron chi connectivity index (χ4n) is 2.18. The van der Waals surface area contributed by atoms with Crippen LogP contribution in [-0.4, -0.2) is 52.7 Å². The Morgan fingerprint density at radius 2 is 2.16 bits per heavy atom. The van der Waals surface area contributed by atoms with Crippen LogP contribution in [0, 0.1) is 6.92 Å². The summed E-state index contributed by atoms with van der Waals surface area (Å²) in [6.07, 6.45) is 0. The number of phenolic OH excluding ortho intramolecular Hbond substituents is 1. The number of aliphatic carboxylic acids is 1. The van der Waals surface area contributed by atoms with E-state index in [0.717, 1.165) is 0 Å². The third-order valence-corrected chi connectivity index (χ3v) is 3.32. The number of aromatic hydroxyl groups is 1. The van der Waals surface area contributed by atoms with Gasteiger partial charge in [0.1, 0.15) is 11.8 Å². The fourth-order valence-corrected chi connectivity index (χ4v) is 2.18. The van der Waals surface area contributed by atoms with Crippen LogP contribution in [0.4, 0.5) is 0 Å². The Labute approximate surface area is 110 Å². The number of nitrogens with zero attached hydrogens (tertiary/aromatic N) is 1. The topological polar surface area (TPSA) is 89.9 Å². The summed E-state index contributed by atoms with van der Waals surface area (Å²) in [6.45, 7) is 2.78. The van der Waals surface area contributed by atoms with Crippen molar-refractivity contribution in [2.75, 3.05) is 19.6 Å². The van der Waals surface area contributed by atoms with Crippen molar-refractivity contribution in [1.82, 2.24) is 10.2 Å². The van der Waals surface area contributed by atoms with E-state index in [1.54, 1.807) is 19.1 Å². The third kappa shape index (κ3) is 2.53. The van der Waals surface area contributed by atoms with Crippen molar-refractivity contribution < 1.29 is 19.8 Å². The lowest BCUT2D eigenvalue weighted by molar-refractivity contribution is -0.142. The summed E-state index contributed by atoms with van der Waals surface area (Å²) in [5.41, 5.74) is 0.809. The minimum atomic E-state index is -1.03. The predicted molar refractivity (Wildman–Crippen MR) is 68.2 cm³/mol. The molecule has 102 valence electrons. The van der Waals surface area contributed by atoms with Gasteiger partial charge in [-0.15, -0.1) is 0 Å². The molecule has 0 aromatic heterocycles. The quantitative estimate of drug-likeness (QED) is 0.710. The van der Waals surface area contributed by atoms with E-state index in [4.69, 9.17) is 5.11 Å². The molecule has 0 bridgehead atoms. The summed E-state index contributed by atoms with van der Waals surface area (Å²) in [5, 5.41) is 21.7. The first kappa shape index (κ1) is 13.4. The molecule has 3 N–H and O–H groups in total. The number of phenols is 1. The first-order valence-electron chi connectivity index (χ1n) is 6.05. The normalized spacial score (nSPS) is 19.2. The van der Waals surface area contributed by atoms with Crippen molar-refractivity contribution in [3.05, 3.63) is 29.3 Å². The molecule has 6 heteroatoms. The summed E-state index contributed by atoms with van der Waals surface area (Å²) in [6, 6.07) is 3.80. The van der Waals surface area contributed by atoms with Crippen LogP contribution in [0.5, 0.6) is 5.75 Å². The smallest absolute Gasteiger partial charge is 0.327 e. The molecule has 1 aromatic carbocycles. The van der Waals surface area contributed by atoms with Crippen LogP contribution in [0.3, 0.4) is 0 Å². The Kier molecular flexibility index (Phi) is 3.71. The molecule has 19 heavy (non-hydrogen) atoms. The molecule has 1 unspecified atom stereocenters. The molecule has 0 saturated carbocycles. The van der Waals surface area contributed by atoms with E-state index in [0.29, 0.717) is 24.2 Å². The highest BCUT2D eigenvalue weighted by atomic mass is 16.4.